The molecule has 1 amide bonds. The minimum absolute atomic E-state index is 0.121. The Morgan fingerprint density at radius 1 is 1.09 bits per heavy atom. The number of aromatic nitrogens is 1. The van der Waals surface area contributed by atoms with E-state index in [0.717, 1.165) is 28.6 Å². The Morgan fingerprint density at radius 3 is 2.67 bits per heavy atom. The van der Waals surface area contributed by atoms with E-state index in [1.54, 1.807) is 12.1 Å². The predicted molar refractivity (Wildman–Crippen MR) is 133 cm³/mol. The molecule has 0 spiro atoms. The molecule has 4 rings (SSSR count). The van der Waals surface area contributed by atoms with Gasteiger partial charge in [0.25, 0.3) is 5.91 Å². The van der Waals surface area contributed by atoms with E-state index in [2.05, 4.69) is 36.3 Å². The molecule has 33 heavy (non-hydrogen) atoms. The molecule has 1 N–H and O–H groups in total. The summed E-state index contributed by atoms with van der Waals surface area (Å²) in [5.74, 6) is 1.28. The van der Waals surface area contributed by atoms with Gasteiger partial charge in [-0.2, -0.15) is 0 Å². The molecule has 0 fully saturated rings. The molecule has 170 valence electrons. The maximum atomic E-state index is 12.5. The summed E-state index contributed by atoms with van der Waals surface area (Å²) < 4.78 is 11.6. The van der Waals surface area contributed by atoms with Gasteiger partial charge in [-0.25, -0.2) is 4.98 Å². The lowest BCUT2D eigenvalue weighted by Crippen LogP contribution is -2.20. The molecule has 0 radical (unpaired) electrons. The van der Waals surface area contributed by atoms with Crippen molar-refractivity contribution in [1.29, 1.82) is 0 Å². The van der Waals surface area contributed by atoms with Gasteiger partial charge in [0.05, 0.1) is 10.7 Å². The number of rotatable bonds is 7. The smallest absolute Gasteiger partial charge is 0.262 e. The van der Waals surface area contributed by atoms with Crippen molar-refractivity contribution < 1.29 is 13.9 Å². The summed E-state index contributed by atoms with van der Waals surface area (Å²) in [6.45, 7) is 8.27. The Bertz CT molecular complexity index is 1310. The van der Waals surface area contributed by atoms with Gasteiger partial charge in [-0.15, -0.1) is 0 Å². The van der Waals surface area contributed by atoms with E-state index in [1.165, 1.54) is 11.1 Å². The first kappa shape index (κ1) is 22.9. The number of nitrogens with zero attached hydrogens (tertiary/aromatic N) is 1. The van der Waals surface area contributed by atoms with Crippen LogP contribution in [0.4, 0.5) is 5.69 Å². The molecule has 1 atom stereocenters. The van der Waals surface area contributed by atoms with Crippen LogP contribution < -0.4 is 10.1 Å². The first-order valence-corrected chi connectivity index (χ1v) is 11.4. The molecule has 1 aromatic heterocycles. The lowest BCUT2D eigenvalue weighted by atomic mass is 9.98. The van der Waals surface area contributed by atoms with Crippen LogP contribution in [0.3, 0.4) is 0 Å². The zero-order chi connectivity index (χ0) is 23.5. The molecule has 0 saturated carbocycles. The first-order valence-electron chi connectivity index (χ1n) is 11.0. The highest BCUT2D eigenvalue weighted by atomic mass is 35.5. The number of fused-ring (bicyclic) bond motifs is 1. The summed E-state index contributed by atoms with van der Waals surface area (Å²) in [5.41, 5.74) is 6.25. The van der Waals surface area contributed by atoms with Gasteiger partial charge in [-0.1, -0.05) is 37.6 Å². The van der Waals surface area contributed by atoms with Crippen molar-refractivity contribution in [3.8, 4) is 17.2 Å². The number of carbonyl (C=O) groups excluding carboxylic acids is 1. The summed E-state index contributed by atoms with van der Waals surface area (Å²) in [4.78, 5) is 17.1. The molecular weight excluding hydrogens is 436 g/mol. The van der Waals surface area contributed by atoms with Crippen LogP contribution in [0.5, 0.6) is 5.75 Å². The zero-order valence-electron chi connectivity index (χ0n) is 19.2. The molecule has 0 aliphatic heterocycles. The van der Waals surface area contributed by atoms with Gasteiger partial charge < -0.3 is 14.5 Å². The molecule has 0 unspecified atom stereocenters. The molecule has 0 bridgehead atoms. The van der Waals surface area contributed by atoms with Crippen LogP contribution >= 0.6 is 11.6 Å². The van der Waals surface area contributed by atoms with E-state index in [-0.39, 0.29) is 12.5 Å². The number of halogens is 1. The van der Waals surface area contributed by atoms with Crippen molar-refractivity contribution in [3.05, 3.63) is 76.3 Å². The number of anilines is 1. The minimum atomic E-state index is -0.303. The number of hydrogen-bond donors (Lipinski definition) is 1. The number of carbonyl (C=O) groups is 1. The van der Waals surface area contributed by atoms with E-state index >= 15 is 0 Å². The molecule has 3 aromatic carbocycles. The molecule has 6 heteroatoms. The van der Waals surface area contributed by atoms with E-state index < -0.39 is 0 Å². The molecule has 1 heterocycles. The third kappa shape index (κ3) is 5.20. The van der Waals surface area contributed by atoms with Crippen molar-refractivity contribution in [1.82, 2.24) is 4.98 Å². The largest absolute Gasteiger partial charge is 0.484 e. The van der Waals surface area contributed by atoms with E-state index in [9.17, 15) is 4.79 Å². The number of amides is 1. The number of hydrogen-bond acceptors (Lipinski definition) is 4. The van der Waals surface area contributed by atoms with Crippen molar-refractivity contribution >= 4 is 34.3 Å². The normalized spacial score (nSPS) is 12.0. The average molecular weight is 463 g/mol. The summed E-state index contributed by atoms with van der Waals surface area (Å²) in [7, 11) is 0. The zero-order valence-corrected chi connectivity index (χ0v) is 20.0. The van der Waals surface area contributed by atoms with Gasteiger partial charge in [-0.3, -0.25) is 4.79 Å². The Kier molecular flexibility index (Phi) is 6.70. The second-order valence-corrected chi connectivity index (χ2v) is 8.74. The van der Waals surface area contributed by atoms with Crippen LogP contribution in [0.1, 0.15) is 42.9 Å². The monoisotopic (exact) mass is 462 g/mol. The van der Waals surface area contributed by atoms with Crippen LogP contribution in [-0.2, 0) is 4.79 Å². The van der Waals surface area contributed by atoms with Crippen LogP contribution in [0.25, 0.3) is 22.6 Å². The van der Waals surface area contributed by atoms with Gasteiger partial charge in [0.1, 0.15) is 11.3 Å². The van der Waals surface area contributed by atoms with E-state index in [1.807, 2.05) is 44.2 Å². The maximum absolute atomic E-state index is 12.5. The van der Waals surface area contributed by atoms with Gasteiger partial charge in [-0.05, 0) is 85.3 Å². The Morgan fingerprint density at radius 2 is 1.91 bits per heavy atom. The Hall–Kier alpha value is -3.31. The van der Waals surface area contributed by atoms with Crippen molar-refractivity contribution in [2.75, 3.05) is 11.9 Å². The van der Waals surface area contributed by atoms with Gasteiger partial charge in [0.2, 0.25) is 5.89 Å². The highest BCUT2D eigenvalue weighted by Gasteiger charge is 2.14. The highest BCUT2D eigenvalue weighted by Crippen LogP contribution is 2.32. The van der Waals surface area contributed by atoms with Crippen LogP contribution in [0.2, 0.25) is 5.02 Å². The fourth-order valence-electron chi connectivity index (χ4n) is 3.50. The molecule has 0 saturated heterocycles. The van der Waals surface area contributed by atoms with E-state index in [0.29, 0.717) is 28.3 Å². The molecule has 5 nitrogen and oxygen atoms in total. The molecule has 0 aliphatic rings. The Labute approximate surface area is 198 Å². The first-order chi connectivity index (χ1) is 15.8. The van der Waals surface area contributed by atoms with Crippen LogP contribution in [-0.4, -0.2) is 17.5 Å². The maximum Gasteiger partial charge on any atom is 0.262 e. The second-order valence-electron chi connectivity index (χ2n) is 8.33. The van der Waals surface area contributed by atoms with E-state index in [4.69, 9.17) is 20.8 Å². The fourth-order valence-corrected chi connectivity index (χ4v) is 3.67. The molecule has 4 aromatic rings. The number of nitrogens with one attached hydrogen (secondary N) is 1. The minimum Gasteiger partial charge on any atom is -0.484 e. The van der Waals surface area contributed by atoms with Crippen molar-refractivity contribution in [2.45, 2.75) is 40.0 Å². The lowest BCUT2D eigenvalue weighted by Gasteiger charge is -2.10. The average Bonchev–Trinajstić information content (AvgIpc) is 3.24. The second kappa shape index (κ2) is 9.67. The predicted octanol–water partition coefficient (Wildman–Crippen LogP) is 7.30. The third-order valence-electron chi connectivity index (χ3n) is 5.93. The molecule has 0 aliphatic carbocycles. The summed E-state index contributed by atoms with van der Waals surface area (Å²) in [5, 5.41) is 3.24. The van der Waals surface area contributed by atoms with Gasteiger partial charge in [0, 0.05) is 5.56 Å². The summed E-state index contributed by atoms with van der Waals surface area (Å²) >= 11 is 6.33. The third-order valence-corrected chi connectivity index (χ3v) is 6.26. The van der Waals surface area contributed by atoms with Gasteiger partial charge >= 0.3 is 0 Å². The fraction of sp³-hybridized carbons (Fsp3) is 0.259. The standard InChI is InChI=1S/C27H27ClN2O3/c1-5-16(2)19-8-11-25-24(13-19)30-27(33-25)20-7-10-22(28)23(14-20)29-26(31)15-32-21-9-6-17(3)18(4)12-21/h6-14,16H,5,15H2,1-4H3,(H,29,31)/t16-/m0/s1. The quantitative estimate of drug-likeness (QED) is 0.313. The number of ether oxygens (including phenoxy) is 1. The summed E-state index contributed by atoms with van der Waals surface area (Å²) in [6, 6.07) is 17.1. The number of aryl methyl sites for hydroxylation is 2. The van der Waals surface area contributed by atoms with Crippen molar-refractivity contribution in [2.24, 2.45) is 0 Å². The summed E-state index contributed by atoms with van der Waals surface area (Å²) in [6.07, 6.45) is 1.06. The highest BCUT2D eigenvalue weighted by molar-refractivity contribution is 6.33. The number of oxazole rings is 1. The molecular formula is C27H27ClN2O3. The van der Waals surface area contributed by atoms with Crippen LogP contribution in [0.15, 0.2) is 59.0 Å². The van der Waals surface area contributed by atoms with Crippen molar-refractivity contribution in [3.63, 3.8) is 0 Å². The SMILES string of the molecule is CC[C@H](C)c1ccc2oc(-c3ccc(Cl)c(NC(=O)COc4ccc(C)c(C)c4)c3)nc2c1. The van der Waals surface area contributed by atoms with Gasteiger partial charge in [0.15, 0.2) is 12.2 Å². The number of benzene rings is 3. The van der Waals surface area contributed by atoms with Crippen LogP contribution in [0, 0.1) is 13.8 Å². The Balaban J connectivity index is 1.50. The lowest BCUT2D eigenvalue weighted by molar-refractivity contribution is -0.118. The topological polar surface area (TPSA) is 64.4 Å².